The van der Waals surface area contributed by atoms with Gasteiger partial charge in [-0.3, -0.25) is 9.69 Å². The number of benzene rings is 2. The number of nitrogens with zero attached hydrogens (tertiary/aromatic N) is 2. The van der Waals surface area contributed by atoms with Gasteiger partial charge < -0.3 is 19.7 Å². The predicted molar refractivity (Wildman–Crippen MR) is 117 cm³/mol. The molecule has 1 saturated carbocycles. The molecule has 5 rings (SSSR count). The van der Waals surface area contributed by atoms with E-state index in [0.29, 0.717) is 6.54 Å². The molecule has 158 valence electrons. The minimum atomic E-state index is -0.484. The first-order valence-electron chi connectivity index (χ1n) is 11.0. The molecule has 2 aromatic rings. The maximum atomic E-state index is 12.6. The summed E-state index contributed by atoms with van der Waals surface area (Å²) in [7, 11) is 0. The SMILES string of the molecule is O=C(CN1CCN(c2ccccc2)CC1)Nc1ccc2c(c1)OC1(CCCCC1)O2. The first kappa shape index (κ1) is 19.2. The Morgan fingerprint density at radius 1 is 0.900 bits per heavy atom. The van der Waals surface area contributed by atoms with Crippen molar-refractivity contribution in [2.24, 2.45) is 0 Å². The maximum absolute atomic E-state index is 12.6. The average molecular weight is 408 g/mol. The van der Waals surface area contributed by atoms with Gasteiger partial charge in [0.2, 0.25) is 5.91 Å². The van der Waals surface area contributed by atoms with Crippen LogP contribution in [0.5, 0.6) is 11.5 Å². The van der Waals surface area contributed by atoms with E-state index in [0.717, 1.165) is 69.0 Å². The molecule has 30 heavy (non-hydrogen) atoms. The van der Waals surface area contributed by atoms with E-state index in [9.17, 15) is 4.79 Å². The zero-order valence-corrected chi connectivity index (χ0v) is 17.3. The predicted octanol–water partition coefficient (Wildman–Crippen LogP) is 3.88. The van der Waals surface area contributed by atoms with Crippen molar-refractivity contribution in [1.82, 2.24) is 4.90 Å². The van der Waals surface area contributed by atoms with Crippen LogP contribution < -0.4 is 19.7 Å². The molecule has 0 unspecified atom stereocenters. The first-order valence-corrected chi connectivity index (χ1v) is 11.0. The van der Waals surface area contributed by atoms with Crippen LogP contribution in [-0.4, -0.2) is 49.3 Å². The minimum absolute atomic E-state index is 0.00871. The second-order valence-electron chi connectivity index (χ2n) is 8.48. The lowest BCUT2D eigenvalue weighted by Gasteiger charge is -2.35. The van der Waals surface area contributed by atoms with Gasteiger partial charge >= 0.3 is 0 Å². The fourth-order valence-corrected chi connectivity index (χ4v) is 4.67. The molecule has 6 nitrogen and oxygen atoms in total. The van der Waals surface area contributed by atoms with Crippen molar-refractivity contribution in [1.29, 1.82) is 0 Å². The third-order valence-corrected chi connectivity index (χ3v) is 6.30. The summed E-state index contributed by atoms with van der Waals surface area (Å²) in [6, 6.07) is 16.1. The van der Waals surface area contributed by atoms with Crippen molar-refractivity contribution in [2.45, 2.75) is 37.9 Å². The number of amides is 1. The summed E-state index contributed by atoms with van der Waals surface area (Å²) in [5.41, 5.74) is 2.01. The van der Waals surface area contributed by atoms with Gasteiger partial charge in [0.25, 0.3) is 5.79 Å². The Bertz CT molecular complexity index is 888. The highest BCUT2D eigenvalue weighted by Crippen LogP contribution is 2.46. The van der Waals surface area contributed by atoms with Gasteiger partial charge in [-0.25, -0.2) is 0 Å². The van der Waals surface area contributed by atoms with E-state index in [1.165, 1.54) is 12.1 Å². The van der Waals surface area contributed by atoms with Crippen LogP contribution in [0, 0.1) is 0 Å². The van der Waals surface area contributed by atoms with Gasteiger partial charge in [0.15, 0.2) is 11.5 Å². The average Bonchev–Trinajstić information content (AvgIpc) is 3.11. The lowest BCUT2D eigenvalue weighted by Crippen LogP contribution is -2.48. The molecule has 2 aromatic carbocycles. The lowest BCUT2D eigenvalue weighted by atomic mass is 9.94. The van der Waals surface area contributed by atoms with Crippen molar-refractivity contribution >= 4 is 17.3 Å². The van der Waals surface area contributed by atoms with Crippen LogP contribution in [0.4, 0.5) is 11.4 Å². The largest absolute Gasteiger partial charge is 0.448 e. The van der Waals surface area contributed by atoms with Crippen LogP contribution in [0.1, 0.15) is 32.1 Å². The molecule has 0 atom stereocenters. The van der Waals surface area contributed by atoms with Crippen LogP contribution in [0.2, 0.25) is 0 Å². The van der Waals surface area contributed by atoms with E-state index >= 15 is 0 Å². The molecule has 1 spiro atoms. The first-order chi connectivity index (χ1) is 14.7. The highest BCUT2D eigenvalue weighted by atomic mass is 16.7. The van der Waals surface area contributed by atoms with Crippen molar-refractivity contribution < 1.29 is 14.3 Å². The zero-order chi connectivity index (χ0) is 20.4. The molecule has 1 aliphatic carbocycles. The van der Waals surface area contributed by atoms with Crippen LogP contribution in [-0.2, 0) is 4.79 Å². The Morgan fingerprint density at radius 3 is 2.40 bits per heavy atom. The molecule has 1 saturated heterocycles. The number of ether oxygens (including phenoxy) is 2. The van der Waals surface area contributed by atoms with E-state index in [1.807, 2.05) is 24.3 Å². The second-order valence-corrected chi connectivity index (χ2v) is 8.48. The maximum Gasteiger partial charge on any atom is 0.251 e. The van der Waals surface area contributed by atoms with Gasteiger partial charge in [-0.15, -0.1) is 0 Å². The molecule has 0 bridgehead atoms. The smallest absolute Gasteiger partial charge is 0.251 e. The number of fused-ring (bicyclic) bond motifs is 1. The fourth-order valence-electron chi connectivity index (χ4n) is 4.67. The van der Waals surface area contributed by atoms with Crippen molar-refractivity contribution in [3.63, 3.8) is 0 Å². The topological polar surface area (TPSA) is 54.0 Å². The van der Waals surface area contributed by atoms with E-state index < -0.39 is 5.79 Å². The van der Waals surface area contributed by atoms with E-state index in [-0.39, 0.29) is 5.91 Å². The summed E-state index contributed by atoms with van der Waals surface area (Å²) < 4.78 is 12.3. The Morgan fingerprint density at radius 2 is 1.63 bits per heavy atom. The Hall–Kier alpha value is -2.73. The van der Waals surface area contributed by atoms with Crippen LogP contribution >= 0.6 is 0 Å². The summed E-state index contributed by atoms with van der Waals surface area (Å²) >= 11 is 0. The standard InChI is InChI=1S/C24H29N3O3/c28-23(18-26-13-15-27(16-14-26)20-7-3-1-4-8-20)25-19-9-10-21-22(17-19)30-24(29-21)11-5-2-6-12-24/h1,3-4,7-10,17H,2,5-6,11-16,18H2,(H,25,28). The summed E-state index contributed by atoms with van der Waals surface area (Å²) in [5, 5.41) is 3.02. The van der Waals surface area contributed by atoms with Gasteiger partial charge in [-0.2, -0.15) is 0 Å². The quantitative estimate of drug-likeness (QED) is 0.834. The van der Waals surface area contributed by atoms with E-state index in [2.05, 4.69) is 39.4 Å². The van der Waals surface area contributed by atoms with Crippen LogP contribution in [0.25, 0.3) is 0 Å². The normalized spacial score (nSPS) is 20.3. The van der Waals surface area contributed by atoms with Gasteiger partial charge in [0, 0.05) is 56.5 Å². The summed E-state index contributed by atoms with van der Waals surface area (Å²) in [5.74, 6) is 1.05. The Balaban J connectivity index is 1.13. The molecule has 2 heterocycles. The van der Waals surface area contributed by atoms with Crippen molar-refractivity contribution in [3.05, 3.63) is 48.5 Å². The highest BCUT2D eigenvalue weighted by Gasteiger charge is 2.42. The number of piperazine rings is 1. The number of para-hydroxylation sites is 1. The fraction of sp³-hybridized carbons (Fsp3) is 0.458. The molecule has 1 amide bonds. The molecule has 3 aliphatic rings. The Labute approximate surface area is 177 Å². The highest BCUT2D eigenvalue weighted by molar-refractivity contribution is 5.92. The second kappa shape index (κ2) is 8.19. The van der Waals surface area contributed by atoms with Gasteiger partial charge in [0.05, 0.1) is 6.54 Å². The molecule has 6 heteroatoms. The summed E-state index contributed by atoms with van der Waals surface area (Å²) in [6.45, 7) is 4.03. The molecular formula is C24H29N3O3. The lowest BCUT2D eigenvalue weighted by molar-refractivity contribution is -0.117. The van der Waals surface area contributed by atoms with E-state index in [4.69, 9.17) is 9.47 Å². The number of hydrogen-bond donors (Lipinski definition) is 1. The number of hydrogen-bond acceptors (Lipinski definition) is 5. The Kier molecular flexibility index (Phi) is 5.25. The molecular weight excluding hydrogens is 378 g/mol. The van der Waals surface area contributed by atoms with Crippen molar-refractivity contribution in [3.8, 4) is 11.5 Å². The summed E-state index contributed by atoms with van der Waals surface area (Å²) in [4.78, 5) is 17.2. The third kappa shape index (κ3) is 4.10. The van der Waals surface area contributed by atoms with Crippen LogP contribution in [0.15, 0.2) is 48.5 Å². The molecule has 0 radical (unpaired) electrons. The number of carbonyl (C=O) groups excluding carboxylic acids is 1. The monoisotopic (exact) mass is 407 g/mol. The molecule has 0 aromatic heterocycles. The zero-order valence-electron chi connectivity index (χ0n) is 17.3. The molecule has 1 N–H and O–H groups in total. The third-order valence-electron chi connectivity index (χ3n) is 6.30. The summed E-state index contributed by atoms with van der Waals surface area (Å²) in [6.07, 6.45) is 5.37. The van der Waals surface area contributed by atoms with Crippen molar-refractivity contribution in [2.75, 3.05) is 42.9 Å². The van der Waals surface area contributed by atoms with Crippen LogP contribution in [0.3, 0.4) is 0 Å². The molecule has 2 aliphatic heterocycles. The minimum Gasteiger partial charge on any atom is -0.448 e. The van der Waals surface area contributed by atoms with E-state index in [1.54, 1.807) is 0 Å². The number of rotatable bonds is 4. The van der Waals surface area contributed by atoms with Gasteiger partial charge in [0.1, 0.15) is 0 Å². The van der Waals surface area contributed by atoms with Gasteiger partial charge in [-0.1, -0.05) is 24.6 Å². The number of carbonyl (C=O) groups is 1. The number of nitrogens with one attached hydrogen (secondary N) is 1. The number of anilines is 2. The molecule has 2 fully saturated rings. The van der Waals surface area contributed by atoms with Gasteiger partial charge in [-0.05, 0) is 37.1 Å².